The molecule has 2 atom stereocenters. The molecule has 0 aliphatic carbocycles. The molecule has 21 heavy (non-hydrogen) atoms. The highest BCUT2D eigenvalue weighted by molar-refractivity contribution is 7.81. The van der Waals surface area contributed by atoms with Crippen LogP contribution in [0.3, 0.4) is 0 Å². The van der Waals surface area contributed by atoms with Gasteiger partial charge in [-0.15, -0.1) is 12.6 Å². The van der Waals surface area contributed by atoms with Crippen LogP contribution in [0.1, 0.15) is 17.8 Å². The number of hydrogen-bond acceptors (Lipinski definition) is 9. The number of halogens is 4. The third kappa shape index (κ3) is 3.81. The number of aliphatic hydroxyl groups excluding tert-OH is 1. The van der Waals surface area contributed by atoms with Crippen molar-refractivity contribution in [2.24, 2.45) is 0 Å². The molecule has 112 valence electrons. The van der Waals surface area contributed by atoms with Gasteiger partial charge in [0.2, 0.25) is 26.1 Å². The van der Waals surface area contributed by atoms with E-state index in [0.29, 0.717) is 0 Å². The Labute approximate surface area is 142 Å². The van der Waals surface area contributed by atoms with Crippen molar-refractivity contribution in [2.75, 3.05) is 0 Å². The summed E-state index contributed by atoms with van der Waals surface area (Å²) < 4.78 is 0. The van der Waals surface area contributed by atoms with Gasteiger partial charge in [0.25, 0.3) is 0 Å². The Morgan fingerprint density at radius 2 is 1.19 bits per heavy atom. The molecule has 0 bridgehead atoms. The van der Waals surface area contributed by atoms with E-state index < -0.39 is 16.9 Å². The lowest BCUT2D eigenvalue weighted by atomic mass is 10.1. The Kier molecular flexibility index (Phi) is 5.03. The number of rotatable bonds is 3. The molecule has 13 heteroatoms. The average molecular weight is 390 g/mol. The molecule has 0 saturated heterocycles. The molecule has 2 unspecified atom stereocenters. The van der Waals surface area contributed by atoms with Gasteiger partial charge in [-0.3, -0.25) is 0 Å². The van der Waals surface area contributed by atoms with Gasteiger partial charge in [0.05, 0.1) is 0 Å². The smallest absolute Gasteiger partial charge is 0.227 e. The zero-order valence-corrected chi connectivity index (χ0v) is 13.5. The van der Waals surface area contributed by atoms with Gasteiger partial charge in [0, 0.05) is 0 Å². The van der Waals surface area contributed by atoms with Gasteiger partial charge in [-0.2, -0.15) is 29.9 Å². The van der Waals surface area contributed by atoms with Crippen molar-refractivity contribution in [1.29, 1.82) is 0 Å². The Balaban J connectivity index is 2.46. The fourth-order valence-corrected chi connectivity index (χ4v) is 2.21. The molecule has 0 radical (unpaired) electrons. The molecule has 0 fully saturated rings. The summed E-state index contributed by atoms with van der Waals surface area (Å²) in [6.07, 6.45) is -1.80. The first kappa shape index (κ1) is 16.8. The number of aromatic nitrogens is 6. The summed E-state index contributed by atoms with van der Waals surface area (Å²) in [7, 11) is 0. The van der Waals surface area contributed by atoms with E-state index in [9.17, 15) is 10.2 Å². The molecular formula is C8H4Cl4N6O2S. The zero-order chi connectivity index (χ0) is 15.8. The summed E-state index contributed by atoms with van der Waals surface area (Å²) in [6, 6.07) is 0. The fraction of sp³-hybridized carbons (Fsp3) is 0.250. The maximum atomic E-state index is 10.3. The molecular weight excluding hydrogens is 386 g/mol. The fourth-order valence-electron chi connectivity index (χ4n) is 1.26. The minimum absolute atomic E-state index is 0.278. The van der Waals surface area contributed by atoms with E-state index >= 15 is 0 Å². The quantitative estimate of drug-likeness (QED) is 0.533. The second-order valence-electron chi connectivity index (χ2n) is 3.56. The van der Waals surface area contributed by atoms with Gasteiger partial charge in [-0.05, 0) is 46.4 Å². The van der Waals surface area contributed by atoms with Gasteiger partial charge in [0.15, 0.2) is 17.8 Å². The topological polar surface area (TPSA) is 118 Å². The monoisotopic (exact) mass is 388 g/mol. The Morgan fingerprint density at radius 1 is 0.810 bits per heavy atom. The minimum Gasteiger partial charge on any atom is -0.381 e. The molecule has 2 N–H and O–H groups in total. The third-order valence-corrected chi connectivity index (χ3v) is 3.25. The first-order valence-corrected chi connectivity index (χ1v) is 6.93. The van der Waals surface area contributed by atoms with Crippen molar-refractivity contribution < 1.29 is 10.2 Å². The number of nitrogens with zero attached hydrogens (tertiary/aromatic N) is 6. The predicted octanol–water partition coefficient (Wildman–Crippen LogP) is 1.48. The molecule has 8 nitrogen and oxygen atoms in total. The Morgan fingerprint density at radius 3 is 1.62 bits per heavy atom. The van der Waals surface area contributed by atoms with Crippen molar-refractivity contribution in [3.63, 3.8) is 0 Å². The van der Waals surface area contributed by atoms with Gasteiger partial charge in [0.1, 0.15) is 0 Å². The van der Waals surface area contributed by atoms with Crippen molar-refractivity contribution in [3.8, 4) is 0 Å². The van der Waals surface area contributed by atoms with Crippen molar-refractivity contribution in [1.82, 2.24) is 29.9 Å². The van der Waals surface area contributed by atoms with Gasteiger partial charge in [-0.25, -0.2) is 0 Å². The number of hydrogen-bond donors (Lipinski definition) is 3. The summed E-state index contributed by atoms with van der Waals surface area (Å²) in [4.78, 5) is 19.2. The summed E-state index contributed by atoms with van der Waals surface area (Å²) in [6.45, 7) is 0. The highest BCUT2D eigenvalue weighted by Crippen LogP contribution is 2.36. The molecule has 0 aliphatic rings. The van der Waals surface area contributed by atoms with Crippen LogP contribution in [-0.4, -0.2) is 40.1 Å². The van der Waals surface area contributed by atoms with Crippen LogP contribution in [0, 0.1) is 0 Å². The van der Waals surface area contributed by atoms with Gasteiger partial charge < -0.3 is 10.2 Å². The van der Waals surface area contributed by atoms with Crippen LogP contribution in [0.5, 0.6) is 0 Å². The van der Waals surface area contributed by atoms with E-state index in [1.807, 2.05) is 0 Å². The largest absolute Gasteiger partial charge is 0.381 e. The van der Waals surface area contributed by atoms with Crippen LogP contribution in [0.25, 0.3) is 0 Å². The van der Waals surface area contributed by atoms with Gasteiger partial charge >= 0.3 is 0 Å². The van der Waals surface area contributed by atoms with Crippen LogP contribution in [0.4, 0.5) is 0 Å². The maximum absolute atomic E-state index is 10.3. The van der Waals surface area contributed by atoms with Crippen LogP contribution >= 0.6 is 59.0 Å². The summed E-state index contributed by atoms with van der Waals surface area (Å²) in [5.74, 6) is -0.749. The third-order valence-electron chi connectivity index (χ3n) is 2.13. The molecule has 0 aromatic carbocycles. The van der Waals surface area contributed by atoms with Crippen molar-refractivity contribution in [2.45, 2.75) is 11.0 Å². The SMILES string of the molecule is OC(c1nc(Cl)nc(Cl)n1)C(O)(S)c1nc(Cl)nc(Cl)n1. The first-order valence-electron chi connectivity index (χ1n) is 4.97. The van der Waals surface area contributed by atoms with E-state index in [1.165, 1.54) is 0 Å². The zero-order valence-electron chi connectivity index (χ0n) is 9.61. The van der Waals surface area contributed by atoms with E-state index in [0.717, 1.165) is 0 Å². The lowest BCUT2D eigenvalue weighted by Gasteiger charge is -2.25. The predicted molar refractivity (Wildman–Crippen MR) is 77.5 cm³/mol. The number of thiol groups is 1. The molecule has 0 saturated carbocycles. The molecule has 0 aliphatic heterocycles. The first-order chi connectivity index (χ1) is 9.70. The lowest BCUT2D eigenvalue weighted by Crippen LogP contribution is -2.31. The van der Waals surface area contributed by atoms with Gasteiger partial charge in [-0.1, -0.05) is 0 Å². The minimum atomic E-state index is -2.33. The van der Waals surface area contributed by atoms with Crippen LogP contribution in [0.15, 0.2) is 0 Å². The summed E-state index contributed by atoms with van der Waals surface area (Å²) in [5, 5.41) is 19.3. The van der Waals surface area contributed by atoms with Crippen molar-refractivity contribution in [3.05, 3.63) is 32.8 Å². The second kappa shape index (κ2) is 6.29. The molecule has 2 rings (SSSR count). The normalized spacial score (nSPS) is 15.6. The molecule has 0 spiro atoms. The Hall–Kier alpha value is -0.550. The second-order valence-corrected chi connectivity index (χ2v) is 5.59. The van der Waals surface area contributed by atoms with E-state index in [-0.39, 0.29) is 27.0 Å². The van der Waals surface area contributed by atoms with Crippen LogP contribution in [-0.2, 0) is 4.93 Å². The average Bonchev–Trinajstić information content (AvgIpc) is 2.35. The van der Waals surface area contributed by atoms with E-state index in [2.05, 4.69) is 42.5 Å². The van der Waals surface area contributed by atoms with Crippen LogP contribution in [0.2, 0.25) is 21.1 Å². The maximum Gasteiger partial charge on any atom is 0.227 e. The molecule has 2 heterocycles. The number of aliphatic hydroxyl groups is 2. The van der Waals surface area contributed by atoms with Crippen LogP contribution < -0.4 is 0 Å². The molecule has 0 amide bonds. The summed E-state index contributed by atoms with van der Waals surface area (Å²) >= 11 is 26.3. The lowest BCUT2D eigenvalue weighted by molar-refractivity contribution is -0.0209. The van der Waals surface area contributed by atoms with E-state index in [1.54, 1.807) is 0 Å². The Bertz CT molecular complexity index is 649. The highest BCUT2D eigenvalue weighted by Gasteiger charge is 2.41. The standard InChI is InChI=1S/C8H4Cl4N6O2S/c9-4-13-2(14-5(10)17-4)1(19)8(20,21)3-15-6(11)18-7(12)16-3/h1,19-21H. The molecule has 2 aromatic heterocycles. The van der Waals surface area contributed by atoms with E-state index in [4.69, 9.17) is 46.4 Å². The summed E-state index contributed by atoms with van der Waals surface area (Å²) in [5.41, 5.74) is 0. The van der Waals surface area contributed by atoms with Crippen molar-refractivity contribution >= 4 is 59.0 Å². The highest BCUT2D eigenvalue weighted by atomic mass is 35.5. The molecule has 2 aromatic rings.